The van der Waals surface area contributed by atoms with Crippen molar-refractivity contribution in [2.75, 3.05) is 0 Å². The topological polar surface area (TPSA) is 12.9 Å². The Hall–Kier alpha value is -2.15. The van der Waals surface area contributed by atoms with Crippen LogP contribution in [0, 0.1) is 6.20 Å². The Bertz CT molecular complexity index is 656. The highest BCUT2D eigenvalue weighted by Gasteiger charge is 2.20. The maximum Gasteiger partial charge on any atom is 0.0900 e. The summed E-state index contributed by atoms with van der Waals surface area (Å²) in [6, 6.07) is 16.8. The maximum atomic E-state index is 4.39. The smallest absolute Gasteiger partial charge is 0.0900 e. The summed E-state index contributed by atoms with van der Waals surface area (Å²) in [5, 5.41) is 2.49. The molecule has 1 aromatic heterocycles. The Morgan fingerprint density at radius 1 is 0.812 bits per heavy atom. The fourth-order valence-corrected chi connectivity index (χ4v) is 2.52. The van der Waals surface area contributed by atoms with E-state index in [0.717, 1.165) is 5.69 Å². The molecule has 1 heteroatoms. The summed E-state index contributed by atoms with van der Waals surface area (Å²) in [6.45, 7) is 0. The van der Waals surface area contributed by atoms with Crippen molar-refractivity contribution in [1.29, 1.82) is 0 Å². The van der Waals surface area contributed by atoms with Gasteiger partial charge < -0.3 is 0 Å². The van der Waals surface area contributed by atoms with Crippen molar-refractivity contribution < 1.29 is 0 Å². The van der Waals surface area contributed by atoms with Crippen LogP contribution in [-0.4, -0.2) is 4.98 Å². The highest BCUT2D eigenvalue weighted by Crippen LogP contribution is 2.45. The molecule has 0 saturated carbocycles. The van der Waals surface area contributed by atoms with Crippen molar-refractivity contribution in [3.63, 3.8) is 0 Å². The number of hydrogen-bond acceptors (Lipinski definition) is 1. The van der Waals surface area contributed by atoms with Gasteiger partial charge in [0, 0.05) is 10.9 Å². The molecular formula is C15H8N. The van der Waals surface area contributed by atoms with E-state index in [1.807, 2.05) is 6.07 Å². The largest absolute Gasteiger partial charge is 0.245 e. The first-order chi connectivity index (χ1) is 7.95. The van der Waals surface area contributed by atoms with E-state index >= 15 is 0 Å². The number of nitrogens with zero attached hydrogens (tertiary/aromatic N) is 1. The molecule has 1 aliphatic rings. The van der Waals surface area contributed by atoms with Gasteiger partial charge in [-0.3, -0.25) is 0 Å². The molecule has 16 heavy (non-hydrogen) atoms. The highest BCUT2D eigenvalue weighted by molar-refractivity contribution is 6.13. The lowest BCUT2D eigenvalue weighted by atomic mass is 10.0. The molecule has 0 bridgehead atoms. The van der Waals surface area contributed by atoms with Gasteiger partial charge in [0.1, 0.15) is 0 Å². The molecular weight excluding hydrogens is 194 g/mol. The molecule has 0 N–H and O–H groups in total. The molecule has 1 aliphatic carbocycles. The molecule has 73 valence electrons. The second kappa shape index (κ2) is 2.70. The van der Waals surface area contributed by atoms with Crippen molar-refractivity contribution in [2.24, 2.45) is 0 Å². The first-order valence-electron chi connectivity index (χ1n) is 5.35. The summed E-state index contributed by atoms with van der Waals surface area (Å²) in [6.07, 6.45) is 2.98. The number of benzene rings is 2. The van der Waals surface area contributed by atoms with Gasteiger partial charge in [-0.05, 0) is 22.6 Å². The minimum absolute atomic E-state index is 1.07. The Kier molecular flexibility index (Phi) is 1.36. The van der Waals surface area contributed by atoms with Crippen LogP contribution < -0.4 is 0 Å². The molecule has 0 atom stereocenters. The molecule has 0 spiro atoms. The van der Waals surface area contributed by atoms with Crippen LogP contribution in [0.4, 0.5) is 0 Å². The minimum atomic E-state index is 1.07. The van der Waals surface area contributed by atoms with E-state index in [2.05, 4.69) is 53.6 Å². The van der Waals surface area contributed by atoms with Gasteiger partial charge >= 0.3 is 0 Å². The van der Waals surface area contributed by atoms with Crippen LogP contribution in [0.1, 0.15) is 0 Å². The number of hydrogen-bond donors (Lipinski definition) is 0. The highest BCUT2D eigenvalue weighted by atomic mass is 14.7. The van der Waals surface area contributed by atoms with E-state index in [9.17, 15) is 0 Å². The number of fused-ring (bicyclic) bond motifs is 3. The van der Waals surface area contributed by atoms with E-state index in [0.29, 0.717) is 0 Å². The molecule has 1 radical (unpaired) electrons. The van der Waals surface area contributed by atoms with Gasteiger partial charge in [0.2, 0.25) is 0 Å². The summed E-state index contributed by atoms with van der Waals surface area (Å²) in [4.78, 5) is 4.39. The third-order valence-corrected chi connectivity index (χ3v) is 3.20. The fourth-order valence-electron chi connectivity index (χ4n) is 2.52. The quantitative estimate of drug-likeness (QED) is 0.424. The van der Waals surface area contributed by atoms with Gasteiger partial charge in [0.15, 0.2) is 0 Å². The van der Waals surface area contributed by atoms with E-state index in [1.165, 1.54) is 27.5 Å². The van der Waals surface area contributed by atoms with Gasteiger partial charge in [0.25, 0.3) is 0 Å². The predicted molar refractivity (Wildman–Crippen MR) is 65.0 cm³/mol. The lowest BCUT2D eigenvalue weighted by Gasteiger charge is -1.99. The average molecular weight is 202 g/mol. The number of pyridine rings is 1. The Balaban J connectivity index is 2.31. The first kappa shape index (κ1) is 8.05. The molecule has 0 saturated heterocycles. The Labute approximate surface area is 93.4 Å². The fraction of sp³-hybridized carbons (Fsp3) is 0. The first-order valence-corrected chi connectivity index (χ1v) is 5.35. The zero-order valence-corrected chi connectivity index (χ0v) is 8.57. The van der Waals surface area contributed by atoms with E-state index in [4.69, 9.17) is 0 Å². The summed E-state index contributed by atoms with van der Waals surface area (Å²) < 4.78 is 0. The molecule has 1 heterocycles. The molecule has 0 fully saturated rings. The summed E-state index contributed by atoms with van der Waals surface area (Å²) >= 11 is 0. The maximum absolute atomic E-state index is 4.39. The molecule has 2 aromatic carbocycles. The van der Waals surface area contributed by atoms with E-state index < -0.39 is 0 Å². The van der Waals surface area contributed by atoms with Crippen LogP contribution in [0.3, 0.4) is 0 Å². The third-order valence-electron chi connectivity index (χ3n) is 3.20. The zero-order chi connectivity index (χ0) is 10.5. The molecule has 0 amide bonds. The van der Waals surface area contributed by atoms with Crippen LogP contribution in [0.25, 0.3) is 33.2 Å². The molecule has 4 rings (SSSR count). The van der Waals surface area contributed by atoms with E-state index in [1.54, 1.807) is 0 Å². The lowest BCUT2D eigenvalue weighted by molar-refractivity contribution is 1.35. The van der Waals surface area contributed by atoms with Crippen molar-refractivity contribution >= 4 is 10.8 Å². The Morgan fingerprint density at radius 2 is 1.62 bits per heavy atom. The normalized spacial score (nSPS) is 11.8. The van der Waals surface area contributed by atoms with Gasteiger partial charge in [0.05, 0.1) is 11.9 Å². The van der Waals surface area contributed by atoms with Gasteiger partial charge in [-0.2, -0.15) is 0 Å². The Morgan fingerprint density at radius 3 is 2.56 bits per heavy atom. The third kappa shape index (κ3) is 0.836. The lowest BCUT2D eigenvalue weighted by Crippen LogP contribution is -1.80. The zero-order valence-electron chi connectivity index (χ0n) is 8.57. The van der Waals surface area contributed by atoms with Crippen LogP contribution in [0.2, 0.25) is 0 Å². The predicted octanol–water partition coefficient (Wildman–Crippen LogP) is 3.68. The van der Waals surface area contributed by atoms with Crippen LogP contribution in [0.5, 0.6) is 0 Å². The SMILES string of the molecule is [c]1cc2cccc3c2c(n1)-c1ccccc1-3. The van der Waals surface area contributed by atoms with Crippen LogP contribution in [-0.2, 0) is 0 Å². The summed E-state index contributed by atoms with van der Waals surface area (Å²) in [7, 11) is 0. The average Bonchev–Trinajstić information content (AvgIpc) is 2.68. The second-order valence-corrected chi connectivity index (χ2v) is 4.05. The van der Waals surface area contributed by atoms with Crippen LogP contribution >= 0.6 is 0 Å². The molecule has 0 unspecified atom stereocenters. The summed E-state index contributed by atoms with van der Waals surface area (Å²) in [5.41, 5.74) is 4.88. The molecule has 1 nitrogen and oxygen atoms in total. The van der Waals surface area contributed by atoms with Gasteiger partial charge in [-0.25, -0.2) is 4.98 Å². The van der Waals surface area contributed by atoms with Gasteiger partial charge in [-0.15, -0.1) is 0 Å². The number of rotatable bonds is 0. The monoisotopic (exact) mass is 202 g/mol. The van der Waals surface area contributed by atoms with E-state index in [-0.39, 0.29) is 0 Å². The standard InChI is InChI=1S/C15H8N/c1-2-6-13-11(5-1)12-7-3-4-10-8-9-16-15(13)14(10)12/h1-8H. The van der Waals surface area contributed by atoms with Crippen LogP contribution in [0.15, 0.2) is 48.5 Å². The van der Waals surface area contributed by atoms with Crippen molar-refractivity contribution in [3.8, 4) is 22.4 Å². The second-order valence-electron chi connectivity index (χ2n) is 4.05. The summed E-state index contributed by atoms with van der Waals surface area (Å²) in [5.74, 6) is 0. The van der Waals surface area contributed by atoms with Crippen molar-refractivity contribution in [2.45, 2.75) is 0 Å². The molecule has 3 aromatic rings. The molecule has 0 aliphatic heterocycles. The van der Waals surface area contributed by atoms with Crippen molar-refractivity contribution in [1.82, 2.24) is 4.98 Å². The van der Waals surface area contributed by atoms with Crippen molar-refractivity contribution in [3.05, 3.63) is 54.7 Å². The minimum Gasteiger partial charge on any atom is -0.245 e. The number of aromatic nitrogens is 1. The van der Waals surface area contributed by atoms with Gasteiger partial charge in [-0.1, -0.05) is 42.5 Å².